The van der Waals surface area contributed by atoms with Crippen LogP contribution in [0.1, 0.15) is 56.3 Å². The van der Waals surface area contributed by atoms with Crippen LogP contribution < -0.4 is 4.68 Å². The summed E-state index contributed by atoms with van der Waals surface area (Å²) in [7, 11) is 0. The van der Waals surface area contributed by atoms with Crippen molar-refractivity contribution in [2.75, 3.05) is 6.61 Å². The summed E-state index contributed by atoms with van der Waals surface area (Å²) in [5, 5.41) is 8.71. The molecule has 6 nitrogen and oxygen atoms in total. The van der Waals surface area contributed by atoms with Crippen molar-refractivity contribution in [1.29, 1.82) is 0 Å². The molecule has 1 aliphatic rings. The molecule has 0 amide bonds. The second-order valence-corrected chi connectivity index (χ2v) is 7.26. The SMILES string of the molecule is CCC(=O)OCC1CCCCC1c1ccc(-[n+]2[nH]nnc2C(F)(F)F)c(Cl)c1. The Balaban J connectivity index is 1.85. The Labute approximate surface area is 165 Å². The van der Waals surface area contributed by atoms with Gasteiger partial charge in [-0.2, -0.15) is 13.2 Å². The molecule has 1 fully saturated rings. The highest BCUT2D eigenvalue weighted by Crippen LogP contribution is 2.39. The molecule has 1 heterocycles. The number of aromatic nitrogens is 4. The number of aromatic amines is 1. The molecule has 0 aliphatic heterocycles. The van der Waals surface area contributed by atoms with Gasteiger partial charge in [0.2, 0.25) is 0 Å². The number of halogens is 4. The van der Waals surface area contributed by atoms with Crippen LogP contribution in [0.5, 0.6) is 0 Å². The molecule has 1 saturated carbocycles. The van der Waals surface area contributed by atoms with Crippen LogP contribution in [0.25, 0.3) is 5.69 Å². The Bertz CT molecular complexity index is 840. The van der Waals surface area contributed by atoms with Crippen molar-refractivity contribution < 1.29 is 27.4 Å². The molecule has 1 aromatic heterocycles. The molecule has 2 unspecified atom stereocenters. The summed E-state index contributed by atoms with van der Waals surface area (Å²) in [5.74, 6) is -1.11. The number of rotatable bonds is 5. The van der Waals surface area contributed by atoms with Gasteiger partial charge in [-0.15, -0.1) is 4.68 Å². The second-order valence-electron chi connectivity index (χ2n) is 6.86. The van der Waals surface area contributed by atoms with Crippen molar-refractivity contribution in [2.45, 2.75) is 51.1 Å². The Morgan fingerprint density at radius 2 is 2.11 bits per heavy atom. The Hall–Kier alpha value is -2.16. The molecule has 1 aromatic carbocycles. The number of hydrogen-bond acceptors (Lipinski definition) is 4. The van der Waals surface area contributed by atoms with E-state index >= 15 is 0 Å². The van der Waals surface area contributed by atoms with Crippen LogP contribution in [0, 0.1) is 5.92 Å². The highest BCUT2D eigenvalue weighted by molar-refractivity contribution is 6.32. The summed E-state index contributed by atoms with van der Waals surface area (Å²) >= 11 is 6.31. The van der Waals surface area contributed by atoms with Gasteiger partial charge in [0.25, 0.3) is 0 Å². The van der Waals surface area contributed by atoms with Crippen molar-refractivity contribution in [2.24, 2.45) is 5.92 Å². The minimum Gasteiger partial charge on any atom is -0.465 e. The molecule has 1 aliphatic carbocycles. The molecule has 28 heavy (non-hydrogen) atoms. The molecule has 2 atom stereocenters. The fraction of sp³-hybridized carbons (Fsp3) is 0.556. The van der Waals surface area contributed by atoms with E-state index in [0.29, 0.717) is 17.7 Å². The maximum atomic E-state index is 13.1. The molecule has 0 spiro atoms. The van der Waals surface area contributed by atoms with Crippen LogP contribution >= 0.6 is 11.6 Å². The Morgan fingerprint density at radius 1 is 1.36 bits per heavy atom. The molecule has 0 radical (unpaired) electrons. The van der Waals surface area contributed by atoms with Gasteiger partial charge in [-0.05, 0) is 42.4 Å². The van der Waals surface area contributed by atoms with E-state index in [1.165, 1.54) is 6.07 Å². The highest BCUT2D eigenvalue weighted by Gasteiger charge is 2.45. The number of benzene rings is 1. The number of hydrogen-bond donors (Lipinski definition) is 1. The van der Waals surface area contributed by atoms with Crippen LogP contribution in [0.3, 0.4) is 0 Å². The average molecular weight is 418 g/mol. The lowest BCUT2D eigenvalue weighted by Gasteiger charge is -2.31. The lowest BCUT2D eigenvalue weighted by Crippen LogP contribution is -2.41. The van der Waals surface area contributed by atoms with Crippen molar-refractivity contribution in [3.05, 3.63) is 34.6 Å². The highest BCUT2D eigenvalue weighted by atomic mass is 35.5. The quantitative estimate of drug-likeness (QED) is 0.590. The third-order valence-corrected chi connectivity index (χ3v) is 5.35. The zero-order valence-corrected chi connectivity index (χ0v) is 16.1. The molecule has 2 aromatic rings. The first-order valence-electron chi connectivity index (χ1n) is 9.17. The van der Waals surface area contributed by atoms with E-state index in [9.17, 15) is 18.0 Å². The number of esters is 1. The largest absolute Gasteiger partial charge is 0.488 e. The van der Waals surface area contributed by atoms with Crippen molar-refractivity contribution in [1.82, 2.24) is 15.5 Å². The molecular formula is C18H21ClF3N4O2+. The maximum Gasteiger partial charge on any atom is 0.488 e. The van der Waals surface area contributed by atoms with Gasteiger partial charge in [0.1, 0.15) is 10.8 Å². The summed E-state index contributed by atoms with van der Waals surface area (Å²) < 4.78 is 45.3. The first kappa shape index (κ1) is 20.6. The van der Waals surface area contributed by atoms with Gasteiger partial charge >= 0.3 is 18.0 Å². The zero-order valence-electron chi connectivity index (χ0n) is 15.3. The third kappa shape index (κ3) is 4.45. The van der Waals surface area contributed by atoms with Gasteiger partial charge in [0, 0.05) is 6.42 Å². The van der Waals surface area contributed by atoms with Gasteiger partial charge in [-0.1, -0.05) is 42.6 Å². The minimum absolute atomic E-state index is 0.118. The van der Waals surface area contributed by atoms with Gasteiger partial charge < -0.3 is 4.74 Å². The van der Waals surface area contributed by atoms with Crippen molar-refractivity contribution >= 4 is 17.6 Å². The number of H-pyrrole nitrogens is 1. The number of carbonyl (C=O) groups is 1. The number of tetrazole rings is 1. The normalized spacial score (nSPS) is 20.2. The topological polar surface area (TPSA) is 71.8 Å². The second kappa shape index (κ2) is 8.46. The zero-order chi connectivity index (χ0) is 20.3. The predicted molar refractivity (Wildman–Crippen MR) is 93.9 cm³/mol. The average Bonchev–Trinajstić information content (AvgIpc) is 3.16. The summed E-state index contributed by atoms with van der Waals surface area (Å²) in [6.07, 6.45) is -0.391. The number of alkyl halides is 3. The molecular weight excluding hydrogens is 397 g/mol. The predicted octanol–water partition coefficient (Wildman–Crippen LogP) is 3.98. The number of nitrogens with zero attached hydrogens (tertiary/aromatic N) is 3. The lowest BCUT2D eigenvalue weighted by molar-refractivity contribution is -0.680. The fourth-order valence-corrected chi connectivity index (χ4v) is 3.91. The standard InChI is InChI=1S/C18H20ClF3N4O2/c1-2-16(27)28-10-12-5-3-4-6-13(12)11-7-8-15(14(19)9-11)26-17(18(20,21)22)23-24-25-26/h7-9,12-13H,2-6,10H2,1H3/p+1. The van der Waals surface area contributed by atoms with Gasteiger partial charge in [0.05, 0.1) is 11.6 Å². The van der Waals surface area contributed by atoms with E-state index in [1.54, 1.807) is 19.1 Å². The first-order valence-corrected chi connectivity index (χ1v) is 9.54. The van der Waals surface area contributed by atoms with E-state index in [1.807, 2.05) is 0 Å². The number of ether oxygens (including phenoxy) is 1. The molecule has 0 bridgehead atoms. The Morgan fingerprint density at radius 3 is 2.79 bits per heavy atom. The van der Waals surface area contributed by atoms with Crippen molar-refractivity contribution in [3.8, 4) is 5.69 Å². The summed E-state index contributed by atoms with van der Waals surface area (Å²) in [4.78, 5) is 11.5. The molecule has 0 saturated heterocycles. The fourth-order valence-electron chi connectivity index (χ4n) is 3.64. The van der Waals surface area contributed by atoms with Gasteiger partial charge in [-0.25, -0.2) is 0 Å². The van der Waals surface area contributed by atoms with Crippen LogP contribution in [0.15, 0.2) is 18.2 Å². The molecule has 1 N–H and O–H groups in total. The van der Waals surface area contributed by atoms with E-state index < -0.39 is 12.0 Å². The summed E-state index contributed by atoms with van der Waals surface area (Å²) in [5.41, 5.74) is 1.04. The van der Waals surface area contributed by atoms with Gasteiger partial charge in [-0.3, -0.25) is 4.79 Å². The van der Waals surface area contributed by atoms with E-state index in [0.717, 1.165) is 31.2 Å². The van der Waals surface area contributed by atoms with Crippen LogP contribution in [-0.4, -0.2) is 28.1 Å². The first-order chi connectivity index (χ1) is 13.3. The smallest absolute Gasteiger partial charge is 0.465 e. The molecule has 3 rings (SSSR count). The molecule has 10 heteroatoms. The summed E-state index contributed by atoms with van der Waals surface area (Å²) in [6.45, 7) is 2.09. The van der Waals surface area contributed by atoms with E-state index in [4.69, 9.17) is 16.3 Å². The van der Waals surface area contributed by atoms with Crippen LogP contribution in [0.4, 0.5) is 13.2 Å². The third-order valence-electron chi connectivity index (χ3n) is 5.05. The lowest BCUT2D eigenvalue weighted by atomic mass is 9.76. The van der Waals surface area contributed by atoms with Gasteiger partial charge in [0.15, 0.2) is 5.21 Å². The van der Waals surface area contributed by atoms with Crippen LogP contribution in [-0.2, 0) is 15.7 Å². The number of nitrogens with one attached hydrogen (secondary N) is 1. The number of carbonyl (C=O) groups excluding carboxylic acids is 1. The minimum atomic E-state index is -4.66. The monoisotopic (exact) mass is 417 g/mol. The van der Waals surface area contributed by atoms with E-state index in [2.05, 4.69) is 15.5 Å². The summed E-state index contributed by atoms with van der Waals surface area (Å²) in [6, 6.07) is 4.96. The van der Waals surface area contributed by atoms with E-state index in [-0.39, 0.29) is 28.5 Å². The Kier molecular flexibility index (Phi) is 6.22. The maximum absolute atomic E-state index is 13.1. The van der Waals surface area contributed by atoms with Crippen molar-refractivity contribution in [3.63, 3.8) is 0 Å². The van der Waals surface area contributed by atoms with Crippen LogP contribution in [0.2, 0.25) is 5.02 Å². The molecule has 152 valence electrons.